The van der Waals surface area contributed by atoms with Crippen LogP contribution in [-0.4, -0.2) is 58.6 Å². The van der Waals surface area contributed by atoms with E-state index >= 15 is 0 Å². The summed E-state index contributed by atoms with van der Waals surface area (Å²) < 4.78 is 5.44. The molecule has 0 saturated carbocycles. The Balaban J connectivity index is 1.49. The Morgan fingerprint density at radius 2 is 1.89 bits per heavy atom. The highest BCUT2D eigenvalue weighted by molar-refractivity contribution is 5.93. The van der Waals surface area contributed by atoms with Crippen molar-refractivity contribution >= 4 is 11.6 Å². The number of carbonyl (C=O) groups excluding carboxylic acids is 1. The molecule has 1 aliphatic rings. The van der Waals surface area contributed by atoms with Gasteiger partial charge in [0, 0.05) is 37.8 Å². The number of nitrogens with one attached hydrogen (secondary N) is 1. The number of hydrogen-bond donors (Lipinski definition) is 1. The van der Waals surface area contributed by atoms with Crippen LogP contribution in [0.25, 0.3) is 0 Å². The Bertz CT molecular complexity index is 809. The van der Waals surface area contributed by atoms with Crippen molar-refractivity contribution in [3.05, 3.63) is 41.0 Å². The van der Waals surface area contributed by atoms with Gasteiger partial charge < -0.3 is 9.84 Å². The van der Waals surface area contributed by atoms with Crippen molar-refractivity contribution in [2.75, 3.05) is 38.0 Å². The maximum Gasteiger partial charge on any atom is 0.243 e. The molecule has 1 fully saturated rings. The van der Waals surface area contributed by atoms with Gasteiger partial charge in [-0.3, -0.25) is 14.6 Å². The number of aryl methyl sites for hydroxylation is 1. The van der Waals surface area contributed by atoms with Gasteiger partial charge in [-0.25, -0.2) is 0 Å². The number of rotatable bonds is 6. The molecule has 1 aromatic carbocycles. The van der Waals surface area contributed by atoms with E-state index in [-0.39, 0.29) is 17.9 Å². The number of piperazine rings is 1. The second-order valence-electron chi connectivity index (χ2n) is 7.93. The van der Waals surface area contributed by atoms with E-state index < -0.39 is 0 Å². The standard InChI is InChI=1S/C21H31N5O2/c1-14(2)20-23-21(28-24-20)17(5)26-11-9-25(10-12-26)13-19(27)22-18-8-6-7-15(3)16(18)4/h6-8,14,17H,9-13H2,1-5H3,(H,22,27)/t17-/m1/s1. The van der Waals surface area contributed by atoms with Crippen molar-refractivity contribution < 1.29 is 9.32 Å². The smallest absolute Gasteiger partial charge is 0.243 e. The van der Waals surface area contributed by atoms with Gasteiger partial charge in [-0.1, -0.05) is 31.1 Å². The van der Waals surface area contributed by atoms with Gasteiger partial charge in [-0.15, -0.1) is 0 Å². The molecule has 0 aliphatic carbocycles. The first-order valence-electron chi connectivity index (χ1n) is 10.0. The predicted octanol–water partition coefficient (Wildman–Crippen LogP) is 3.13. The van der Waals surface area contributed by atoms with Crippen molar-refractivity contribution in [2.24, 2.45) is 0 Å². The van der Waals surface area contributed by atoms with Crippen molar-refractivity contribution in [1.29, 1.82) is 0 Å². The highest BCUT2D eigenvalue weighted by atomic mass is 16.5. The van der Waals surface area contributed by atoms with Crippen LogP contribution >= 0.6 is 0 Å². The number of benzene rings is 1. The van der Waals surface area contributed by atoms with Crippen molar-refractivity contribution in [1.82, 2.24) is 19.9 Å². The van der Waals surface area contributed by atoms with E-state index in [1.54, 1.807) is 0 Å². The molecule has 0 unspecified atom stereocenters. The second kappa shape index (κ2) is 8.84. The van der Waals surface area contributed by atoms with Crippen LogP contribution in [0.2, 0.25) is 0 Å². The molecule has 1 saturated heterocycles. The first-order valence-corrected chi connectivity index (χ1v) is 10.0. The normalized spacial score (nSPS) is 17.1. The quantitative estimate of drug-likeness (QED) is 0.823. The minimum atomic E-state index is 0.0358. The molecule has 1 amide bonds. The number of amides is 1. The lowest BCUT2D eigenvalue weighted by molar-refractivity contribution is -0.117. The zero-order valence-electron chi connectivity index (χ0n) is 17.5. The minimum Gasteiger partial charge on any atom is -0.338 e. The molecule has 3 rings (SSSR count). The van der Waals surface area contributed by atoms with Gasteiger partial charge in [-0.05, 0) is 38.0 Å². The number of carbonyl (C=O) groups is 1. The summed E-state index contributed by atoms with van der Waals surface area (Å²) >= 11 is 0. The fraction of sp³-hybridized carbons (Fsp3) is 0.571. The minimum absolute atomic E-state index is 0.0358. The summed E-state index contributed by atoms with van der Waals surface area (Å²) in [5.41, 5.74) is 3.20. The molecule has 7 heteroatoms. The molecule has 1 aromatic heterocycles. The van der Waals surface area contributed by atoms with E-state index in [1.165, 1.54) is 5.56 Å². The first-order chi connectivity index (χ1) is 13.3. The van der Waals surface area contributed by atoms with Crippen molar-refractivity contribution in [3.8, 4) is 0 Å². The Kier molecular flexibility index (Phi) is 6.46. The summed E-state index contributed by atoms with van der Waals surface area (Å²) in [5, 5.41) is 7.11. The molecule has 2 aromatic rings. The number of anilines is 1. The molecule has 152 valence electrons. The van der Waals surface area contributed by atoms with Gasteiger partial charge in [0.25, 0.3) is 0 Å². The van der Waals surface area contributed by atoms with E-state index in [4.69, 9.17) is 4.52 Å². The van der Waals surface area contributed by atoms with Gasteiger partial charge >= 0.3 is 0 Å². The molecule has 2 heterocycles. The average molecular weight is 386 g/mol. The van der Waals surface area contributed by atoms with E-state index in [0.717, 1.165) is 43.3 Å². The van der Waals surface area contributed by atoms with Crippen molar-refractivity contribution in [2.45, 2.75) is 46.6 Å². The van der Waals surface area contributed by atoms with E-state index in [2.05, 4.69) is 59.0 Å². The third-order valence-electron chi connectivity index (χ3n) is 5.53. The van der Waals surface area contributed by atoms with Crippen LogP contribution < -0.4 is 5.32 Å². The zero-order chi connectivity index (χ0) is 20.3. The molecule has 0 spiro atoms. The maximum absolute atomic E-state index is 12.4. The van der Waals surface area contributed by atoms with Crippen LogP contribution in [0.3, 0.4) is 0 Å². The highest BCUT2D eigenvalue weighted by Gasteiger charge is 2.26. The molecule has 1 aliphatic heterocycles. The molecule has 0 radical (unpaired) electrons. The first kappa shape index (κ1) is 20.5. The number of aromatic nitrogens is 2. The summed E-state index contributed by atoms with van der Waals surface area (Å²) in [6.45, 7) is 14.1. The highest BCUT2D eigenvalue weighted by Crippen LogP contribution is 2.22. The number of hydrogen-bond acceptors (Lipinski definition) is 6. The lowest BCUT2D eigenvalue weighted by Crippen LogP contribution is -2.49. The van der Waals surface area contributed by atoms with Crippen LogP contribution in [0.4, 0.5) is 5.69 Å². The number of nitrogens with zero attached hydrogens (tertiary/aromatic N) is 4. The lowest BCUT2D eigenvalue weighted by atomic mass is 10.1. The third kappa shape index (κ3) is 4.77. The van der Waals surface area contributed by atoms with E-state index in [1.807, 2.05) is 19.1 Å². The van der Waals surface area contributed by atoms with E-state index in [0.29, 0.717) is 12.4 Å². The largest absolute Gasteiger partial charge is 0.338 e. The predicted molar refractivity (Wildman–Crippen MR) is 109 cm³/mol. The molecule has 1 atom stereocenters. The molecule has 0 bridgehead atoms. The molecule has 7 nitrogen and oxygen atoms in total. The Labute approximate surface area is 167 Å². The summed E-state index contributed by atoms with van der Waals surface area (Å²) in [7, 11) is 0. The maximum atomic E-state index is 12.4. The summed E-state index contributed by atoms with van der Waals surface area (Å²) in [6, 6.07) is 6.07. The fourth-order valence-electron chi connectivity index (χ4n) is 3.40. The third-order valence-corrected chi connectivity index (χ3v) is 5.53. The second-order valence-corrected chi connectivity index (χ2v) is 7.93. The van der Waals surface area contributed by atoms with Crippen LogP contribution in [0.1, 0.15) is 55.6 Å². The van der Waals surface area contributed by atoms with Crippen LogP contribution in [0.15, 0.2) is 22.7 Å². The molecule has 1 N–H and O–H groups in total. The van der Waals surface area contributed by atoms with Crippen molar-refractivity contribution in [3.63, 3.8) is 0 Å². The summed E-state index contributed by atoms with van der Waals surface area (Å²) in [4.78, 5) is 21.5. The Morgan fingerprint density at radius 3 is 2.54 bits per heavy atom. The van der Waals surface area contributed by atoms with E-state index in [9.17, 15) is 4.79 Å². The van der Waals surface area contributed by atoms with Gasteiger partial charge in [0.05, 0.1) is 12.6 Å². The zero-order valence-corrected chi connectivity index (χ0v) is 17.5. The topological polar surface area (TPSA) is 74.5 Å². The van der Waals surface area contributed by atoms with Crippen LogP contribution in [0.5, 0.6) is 0 Å². The van der Waals surface area contributed by atoms with Gasteiger partial charge in [0.15, 0.2) is 5.82 Å². The lowest BCUT2D eigenvalue weighted by Gasteiger charge is -2.36. The molecule has 28 heavy (non-hydrogen) atoms. The molecular formula is C21H31N5O2. The summed E-state index contributed by atoms with van der Waals surface area (Å²) in [6.07, 6.45) is 0. The van der Waals surface area contributed by atoms with Crippen LogP contribution in [0, 0.1) is 13.8 Å². The SMILES string of the molecule is Cc1cccc(NC(=O)CN2CCN([C@H](C)c3nc(C(C)C)no3)CC2)c1C. The Hall–Kier alpha value is -2.25. The fourth-order valence-corrected chi connectivity index (χ4v) is 3.40. The summed E-state index contributed by atoms with van der Waals surface area (Å²) in [5.74, 6) is 1.72. The Morgan fingerprint density at radius 1 is 1.18 bits per heavy atom. The molecular weight excluding hydrogens is 354 g/mol. The monoisotopic (exact) mass is 385 g/mol. The van der Waals surface area contributed by atoms with Gasteiger partial charge in [-0.2, -0.15) is 4.98 Å². The van der Waals surface area contributed by atoms with Gasteiger partial charge in [0.2, 0.25) is 11.8 Å². The van der Waals surface area contributed by atoms with Crippen LogP contribution in [-0.2, 0) is 4.79 Å². The average Bonchev–Trinajstić information content (AvgIpc) is 3.16. The van der Waals surface area contributed by atoms with Gasteiger partial charge in [0.1, 0.15) is 0 Å².